The first-order chi connectivity index (χ1) is 9.11. The Labute approximate surface area is 111 Å². The summed E-state index contributed by atoms with van der Waals surface area (Å²) >= 11 is 0. The predicted molar refractivity (Wildman–Crippen MR) is 74.0 cm³/mol. The molecule has 96 valence electrons. The van der Waals surface area contributed by atoms with Crippen LogP contribution in [-0.2, 0) is 0 Å². The molecule has 0 amide bonds. The van der Waals surface area contributed by atoms with Crippen LogP contribution in [0.3, 0.4) is 0 Å². The predicted octanol–water partition coefficient (Wildman–Crippen LogP) is 3.45. The van der Waals surface area contributed by atoms with Crippen LogP contribution in [0.25, 0.3) is 0 Å². The molecule has 0 spiro atoms. The number of nitriles is 1. The van der Waals surface area contributed by atoms with Gasteiger partial charge in [-0.2, -0.15) is 5.26 Å². The van der Waals surface area contributed by atoms with Gasteiger partial charge in [0, 0.05) is 6.04 Å². The van der Waals surface area contributed by atoms with Gasteiger partial charge in [-0.15, -0.1) is 0 Å². The van der Waals surface area contributed by atoms with Crippen LogP contribution in [0.15, 0.2) is 42.5 Å². The van der Waals surface area contributed by atoms with E-state index in [2.05, 4.69) is 5.32 Å². The molecule has 2 aromatic carbocycles. The highest BCUT2D eigenvalue weighted by Gasteiger charge is 2.09. The normalized spacial score (nSPS) is 11.6. The fraction of sp³-hybridized carbons (Fsp3) is 0.133. The molecule has 1 unspecified atom stereocenters. The molecule has 0 heterocycles. The molecule has 0 saturated heterocycles. The number of rotatable bonds is 3. The SMILES string of the molecule is CC(Nc1cccc(C#N)c1N)c1ccc(F)cc1. The van der Waals surface area contributed by atoms with E-state index in [-0.39, 0.29) is 11.9 Å². The molecule has 0 aliphatic rings. The lowest BCUT2D eigenvalue weighted by atomic mass is 10.1. The number of halogens is 1. The molecule has 0 saturated carbocycles. The van der Waals surface area contributed by atoms with Gasteiger partial charge in [0.05, 0.1) is 16.9 Å². The van der Waals surface area contributed by atoms with Gasteiger partial charge < -0.3 is 11.1 Å². The number of benzene rings is 2. The van der Waals surface area contributed by atoms with Crippen molar-refractivity contribution < 1.29 is 4.39 Å². The van der Waals surface area contributed by atoms with Crippen molar-refractivity contribution >= 4 is 11.4 Å². The Kier molecular flexibility index (Phi) is 3.67. The van der Waals surface area contributed by atoms with E-state index in [1.54, 1.807) is 24.3 Å². The lowest BCUT2D eigenvalue weighted by Gasteiger charge is -2.17. The Balaban J connectivity index is 2.22. The number of nitrogens with two attached hydrogens (primary N) is 1. The quantitative estimate of drug-likeness (QED) is 0.826. The Morgan fingerprint density at radius 3 is 2.53 bits per heavy atom. The molecule has 0 aromatic heterocycles. The maximum atomic E-state index is 12.9. The van der Waals surface area contributed by atoms with E-state index in [0.29, 0.717) is 16.9 Å². The molecule has 2 rings (SSSR count). The monoisotopic (exact) mass is 255 g/mol. The van der Waals surface area contributed by atoms with Gasteiger partial charge in [0.2, 0.25) is 0 Å². The first kappa shape index (κ1) is 12.9. The van der Waals surface area contributed by atoms with Crippen molar-refractivity contribution in [1.82, 2.24) is 0 Å². The Hall–Kier alpha value is -2.54. The minimum Gasteiger partial charge on any atom is -0.396 e. The number of hydrogen-bond acceptors (Lipinski definition) is 3. The van der Waals surface area contributed by atoms with Crippen LogP contribution >= 0.6 is 0 Å². The number of nitrogens with one attached hydrogen (secondary N) is 1. The van der Waals surface area contributed by atoms with Crippen molar-refractivity contribution in [3.05, 3.63) is 59.4 Å². The summed E-state index contributed by atoms with van der Waals surface area (Å²) in [6, 6.07) is 13.5. The maximum absolute atomic E-state index is 12.9. The summed E-state index contributed by atoms with van der Waals surface area (Å²) in [5.74, 6) is -0.262. The Morgan fingerprint density at radius 2 is 1.89 bits per heavy atom. The van der Waals surface area contributed by atoms with Crippen molar-refractivity contribution in [3.8, 4) is 6.07 Å². The van der Waals surface area contributed by atoms with Crippen LogP contribution in [0.4, 0.5) is 15.8 Å². The van der Waals surface area contributed by atoms with E-state index >= 15 is 0 Å². The van der Waals surface area contributed by atoms with E-state index in [4.69, 9.17) is 11.0 Å². The minimum absolute atomic E-state index is 0.0307. The minimum atomic E-state index is -0.262. The zero-order chi connectivity index (χ0) is 13.8. The van der Waals surface area contributed by atoms with Gasteiger partial charge in [-0.1, -0.05) is 18.2 Å². The van der Waals surface area contributed by atoms with Crippen LogP contribution in [-0.4, -0.2) is 0 Å². The molecule has 2 aromatic rings. The molecular formula is C15H14FN3. The van der Waals surface area contributed by atoms with E-state index < -0.39 is 0 Å². The highest BCUT2D eigenvalue weighted by Crippen LogP contribution is 2.26. The number of nitrogen functional groups attached to an aromatic ring is 1. The Bertz CT molecular complexity index is 614. The summed E-state index contributed by atoms with van der Waals surface area (Å²) in [5, 5.41) is 12.1. The summed E-state index contributed by atoms with van der Waals surface area (Å²) < 4.78 is 12.9. The molecular weight excluding hydrogens is 241 g/mol. The van der Waals surface area contributed by atoms with Crippen molar-refractivity contribution in [3.63, 3.8) is 0 Å². The molecule has 1 atom stereocenters. The van der Waals surface area contributed by atoms with Gasteiger partial charge in [-0.05, 0) is 36.8 Å². The van der Waals surface area contributed by atoms with Gasteiger partial charge in [-0.25, -0.2) is 4.39 Å². The smallest absolute Gasteiger partial charge is 0.123 e. The lowest BCUT2D eigenvalue weighted by molar-refractivity contribution is 0.626. The number of nitrogens with zero attached hydrogens (tertiary/aromatic N) is 1. The largest absolute Gasteiger partial charge is 0.396 e. The van der Waals surface area contributed by atoms with E-state index in [1.165, 1.54) is 12.1 Å². The standard InChI is InChI=1S/C15H14FN3/c1-10(11-5-7-13(16)8-6-11)19-14-4-2-3-12(9-17)15(14)18/h2-8,10,19H,18H2,1H3. The second-order valence-corrected chi connectivity index (χ2v) is 4.30. The van der Waals surface area contributed by atoms with Crippen molar-refractivity contribution in [1.29, 1.82) is 5.26 Å². The average molecular weight is 255 g/mol. The molecule has 4 heteroatoms. The molecule has 0 radical (unpaired) electrons. The first-order valence-corrected chi connectivity index (χ1v) is 5.92. The molecule has 3 nitrogen and oxygen atoms in total. The van der Waals surface area contributed by atoms with E-state index in [0.717, 1.165) is 5.56 Å². The second kappa shape index (κ2) is 5.40. The van der Waals surface area contributed by atoms with E-state index in [1.807, 2.05) is 19.1 Å². The molecule has 0 aliphatic heterocycles. The summed E-state index contributed by atoms with van der Waals surface area (Å²) in [4.78, 5) is 0. The second-order valence-electron chi connectivity index (χ2n) is 4.30. The summed E-state index contributed by atoms with van der Waals surface area (Å²) in [7, 11) is 0. The lowest BCUT2D eigenvalue weighted by Crippen LogP contribution is -2.09. The van der Waals surface area contributed by atoms with Crippen LogP contribution in [0.2, 0.25) is 0 Å². The van der Waals surface area contributed by atoms with Crippen molar-refractivity contribution in [2.24, 2.45) is 0 Å². The molecule has 3 N–H and O–H groups in total. The van der Waals surface area contributed by atoms with Gasteiger partial charge in [0.1, 0.15) is 11.9 Å². The van der Waals surface area contributed by atoms with Crippen molar-refractivity contribution in [2.75, 3.05) is 11.1 Å². The van der Waals surface area contributed by atoms with Crippen LogP contribution in [0.5, 0.6) is 0 Å². The summed E-state index contributed by atoms with van der Waals surface area (Å²) in [6.07, 6.45) is 0. The highest BCUT2D eigenvalue weighted by molar-refractivity contribution is 5.73. The first-order valence-electron chi connectivity index (χ1n) is 5.92. The number of anilines is 2. The highest BCUT2D eigenvalue weighted by atomic mass is 19.1. The van der Waals surface area contributed by atoms with Gasteiger partial charge >= 0.3 is 0 Å². The Morgan fingerprint density at radius 1 is 1.21 bits per heavy atom. The fourth-order valence-corrected chi connectivity index (χ4v) is 1.86. The van der Waals surface area contributed by atoms with Gasteiger partial charge in [-0.3, -0.25) is 0 Å². The molecule has 0 aliphatic carbocycles. The zero-order valence-electron chi connectivity index (χ0n) is 10.5. The third-order valence-electron chi connectivity index (χ3n) is 2.97. The summed E-state index contributed by atoms with van der Waals surface area (Å²) in [6.45, 7) is 1.95. The fourth-order valence-electron chi connectivity index (χ4n) is 1.86. The number of hydrogen-bond donors (Lipinski definition) is 2. The van der Waals surface area contributed by atoms with Crippen LogP contribution in [0.1, 0.15) is 24.1 Å². The van der Waals surface area contributed by atoms with E-state index in [9.17, 15) is 4.39 Å². The topological polar surface area (TPSA) is 61.8 Å². The zero-order valence-corrected chi connectivity index (χ0v) is 10.5. The third-order valence-corrected chi connectivity index (χ3v) is 2.97. The number of para-hydroxylation sites is 1. The van der Waals surface area contributed by atoms with Crippen molar-refractivity contribution in [2.45, 2.75) is 13.0 Å². The van der Waals surface area contributed by atoms with Gasteiger partial charge in [0.15, 0.2) is 0 Å². The third kappa shape index (κ3) is 2.83. The molecule has 19 heavy (non-hydrogen) atoms. The van der Waals surface area contributed by atoms with Crippen LogP contribution < -0.4 is 11.1 Å². The van der Waals surface area contributed by atoms with Crippen LogP contribution in [0, 0.1) is 17.1 Å². The average Bonchev–Trinajstić information content (AvgIpc) is 2.42. The molecule has 0 bridgehead atoms. The maximum Gasteiger partial charge on any atom is 0.123 e. The molecule has 0 fully saturated rings. The van der Waals surface area contributed by atoms with Gasteiger partial charge in [0.25, 0.3) is 0 Å². The summed E-state index contributed by atoms with van der Waals surface area (Å²) in [5.41, 5.74) is 8.42.